The Morgan fingerprint density at radius 1 is 1.10 bits per heavy atom. The van der Waals surface area contributed by atoms with Gasteiger partial charge in [-0.2, -0.15) is 0 Å². The normalized spacial score (nSPS) is 15.2. The number of ether oxygens (including phenoxy) is 2. The van der Waals surface area contributed by atoms with Gasteiger partial charge in [-0.25, -0.2) is 0 Å². The molecule has 4 rings (SSSR count). The summed E-state index contributed by atoms with van der Waals surface area (Å²) in [6.45, 7) is 1.41. The second-order valence-electron chi connectivity index (χ2n) is 7.03. The van der Waals surface area contributed by atoms with Crippen LogP contribution in [0.1, 0.15) is 30.1 Å². The standard InChI is InChI=1S/C22H24N4O3/c1-28-18-8-6-16(19(15-18)29-2)7-9-21(27)25-13-10-17(11-14-25)22-24-23-20-5-3-4-12-26(20)22/h3-9,12,15,17H,10-11,13-14H2,1-2H3/b9-7+. The maximum Gasteiger partial charge on any atom is 0.246 e. The van der Waals surface area contributed by atoms with E-state index in [4.69, 9.17) is 9.47 Å². The van der Waals surface area contributed by atoms with Crippen LogP contribution < -0.4 is 9.47 Å². The summed E-state index contributed by atoms with van der Waals surface area (Å²) >= 11 is 0. The number of likely N-dealkylation sites (tertiary alicyclic amines) is 1. The molecule has 0 radical (unpaired) electrons. The van der Waals surface area contributed by atoms with Crippen molar-refractivity contribution >= 4 is 17.6 Å². The fourth-order valence-corrected chi connectivity index (χ4v) is 3.72. The minimum atomic E-state index is 0.00687. The van der Waals surface area contributed by atoms with E-state index >= 15 is 0 Å². The molecule has 3 aromatic rings. The molecule has 7 heteroatoms. The number of amides is 1. The van der Waals surface area contributed by atoms with Crippen LogP contribution in [0.25, 0.3) is 11.7 Å². The van der Waals surface area contributed by atoms with Gasteiger partial charge in [-0.1, -0.05) is 6.07 Å². The fraction of sp³-hybridized carbons (Fsp3) is 0.318. The van der Waals surface area contributed by atoms with Crippen molar-refractivity contribution < 1.29 is 14.3 Å². The zero-order chi connectivity index (χ0) is 20.2. The summed E-state index contributed by atoms with van der Waals surface area (Å²) in [6.07, 6.45) is 7.14. The molecule has 7 nitrogen and oxygen atoms in total. The molecule has 2 aromatic heterocycles. The first kappa shape index (κ1) is 19.0. The minimum Gasteiger partial charge on any atom is -0.497 e. The summed E-state index contributed by atoms with van der Waals surface area (Å²) in [5.41, 5.74) is 1.70. The fourth-order valence-electron chi connectivity index (χ4n) is 3.72. The van der Waals surface area contributed by atoms with Crippen LogP contribution in [0.15, 0.2) is 48.7 Å². The average molecular weight is 392 g/mol. The maximum atomic E-state index is 12.6. The van der Waals surface area contributed by atoms with Crippen LogP contribution >= 0.6 is 0 Å². The molecule has 1 aliphatic rings. The first-order valence-electron chi connectivity index (χ1n) is 9.68. The third kappa shape index (κ3) is 3.94. The van der Waals surface area contributed by atoms with Gasteiger partial charge in [-0.3, -0.25) is 9.20 Å². The van der Waals surface area contributed by atoms with E-state index in [1.807, 2.05) is 45.8 Å². The molecule has 0 spiro atoms. The lowest BCUT2D eigenvalue weighted by Crippen LogP contribution is -2.37. The Bertz CT molecular complexity index is 1040. The molecular weight excluding hydrogens is 368 g/mol. The highest BCUT2D eigenvalue weighted by molar-refractivity contribution is 5.92. The molecule has 0 bridgehead atoms. The molecule has 1 saturated heterocycles. The summed E-state index contributed by atoms with van der Waals surface area (Å²) in [5.74, 6) is 2.68. The molecular formula is C22H24N4O3. The van der Waals surface area contributed by atoms with Gasteiger partial charge in [-0.05, 0) is 43.2 Å². The smallest absolute Gasteiger partial charge is 0.246 e. The van der Waals surface area contributed by atoms with Crippen molar-refractivity contribution in [1.29, 1.82) is 0 Å². The molecule has 0 atom stereocenters. The number of benzene rings is 1. The third-order valence-electron chi connectivity index (χ3n) is 5.36. The summed E-state index contributed by atoms with van der Waals surface area (Å²) in [4.78, 5) is 14.5. The Labute approximate surface area is 169 Å². The van der Waals surface area contributed by atoms with Crippen LogP contribution in [0.2, 0.25) is 0 Å². The van der Waals surface area contributed by atoms with Gasteiger partial charge in [-0.15, -0.1) is 10.2 Å². The van der Waals surface area contributed by atoms with Gasteiger partial charge in [0.05, 0.1) is 14.2 Å². The number of methoxy groups -OCH3 is 2. The van der Waals surface area contributed by atoms with E-state index in [-0.39, 0.29) is 5.91 Å². The third-order valence-corrected chi connectivity index (χ3v) is 5.36. The topological polar surface area (TPSA) is 69.0 Å². The zero-order valence-electron chi connectivity index (χ0n) is 16.6. The second-order valence-corrected chi connectivity index (χ2v) is 7.03. The van der Waals surface area contributed by atoms with Crippen LogP contribution in [0.4, 0.5) is 0 Å². The lowest BCUT2D eigenvalue weighted by Gasteiger charge is -2.30. The molecule has 1 amide bonds. The number of rotatable bonds is 5. The summed E-state index contributed by atoms with van der Waals surface area (Å²) < 4.78 is 12.6. The van der Waals surface area contributed by atoms with Crippen LogP contribution in [-0.4, -0.2) is 52.7 Å². The van der Waals surface area contributed by atoms with Crippen molar-refractivity contribution in [3.8, 4) is 11.5 Å². The van der Waals surface area contributed by atoms with E-state index in [0.717, 1.165) is 29.9 Å². The number of nitrogens with zero attached hydrogens (tertiary/aromatic N) is 4. The Balaban J connectivity index is 1.40. The van der Waals surface area contributed by atoms with Crippen LogP contribution in [-0.2, 0) is 4.79 Å². The second kappa shape index (κ2) is 8.34. The lowest BCUT2D eigenvalue weighted by molar-refractivity contribution is -0.127. The van der Waals surface area contributed by atoms with Gasteiger partial charge in [0.15, 0.2) is 5.65 Å². The van der Waals surface area contributed by atoms with Crippen molar-refractivity contribution in [3.63, 3.8) is 0 Å². The first-order chi connectivity index (χ1) is 14.2. The van der Waals surface area contributed by atoms with E-state index in [1.54, 1.807) is 32.4 Å². The zero-order valence-corrected chi connectivity index (χ0v) is 16.6. The number of fused-ring (bicyclic) bond motifs is 1. The molecule has 0 N–H and O–H groups in total. The van der Waals surface area contributed by atoms with Crippen LogP contribution in [0, 0.1) is 0 Å². The minimum absolute atomic E-state index is 0.00687. The molecule has 29 heavy (non-hydrogen) atoms. The monoisotopic (exact) mass is 392 g/mol. The molecule has 150 valence electrons. The lowest BCUT2D eigenvalue weighted by atomic mass is 9.96. The number of hydrogen-bond donors (Lipinski definition) is 0. The predicted molar refractivity (Wildman–Crippen MR) is 110 cm³/mol. The van der Waals surface area contributed by atoms with E-state index < -0.39 is 0 Å². The largest absolute Gasteiger partial charge is 0.497 e. The van der Waals surface area contributed by atoms with Crippen molar-refractivity contribution in [2.75, 3.05) is 27.3 Å². The van der Waals surface area contributed by atoms with Gasteiger partial charge in [0.1, 0.15) is 17.3 Å². The van der Waals surface area contributed by atoms with Crippen LogP contribution in [0.5, 0.6) is 11.5 Å². The first-order valence-corrected chi connectivity index (χ1v) is 9.68. The summed E-state index contributed by atoms with van der Waals surface area (Å²) in [7, 11) is 3.21. The van der Waals surface area contributed by atoms with E-state index in [1.165, 1.54) is 0 Å². The van der Waals surface area contributed by atoms with Crippen LogP contribution in [0.3, 0.4) is 0 Å². The molecule has 1 aromatic carbocycles. The van der Waals surface area contributed by atoms with E-state index in [2.05, 4.69) is 10.2 Å². The van der Waals surface area contributed by atoms with E-state index in [0.29, 0.717) is 30.5 Å². The van der Waals surface area contributed by atoms with Gasteiger partial charge in [0, 0.05) is 42.9 Å². The highest BCUT2D eigenvalue weighted by atomic mass is 16.5. The molecule has 0 aliphatic carbocycles. The molecule has 0 unspecified atom stereocenters. The van der Waals surface area contributed by atoms with Gasteiger partial charge >= 0.3 is 0 Å². The molecule has 3 heterocycles. The SMILES string of the molecule is COc1ccc(/C=C/C(=O)N2CCC(c3nnc4ccccn34)CC2)c(OC)c1. The Morgan fingerprint density at radius 3 is 2.69 bits per heavy atom. The Morgan fingerprint density at radius 2 is 1.93 bits per heavy atom. The number of aromatic nitrogens is 3. The average Bonchev–Trinajstić information content (AvgIpc) is 3.21. The van der Waals surface area contributed by atoms with Gasteiger partial charge in [0.25, 0.3) is 0 Å². The molecule has 1 aliphatic heterocycles. The summed E-state index contributed by atoms with van der Waals surface area (Å²) in [6, 6.07) is 11.4. The van der Waals surface area contributed by atoms with Gasteiger partial charge < -0.3 is 14.4 Å². The highest BCUT2D eigenvalue weighted by Gasteiger charge is 2.26. The number of carbonyl (C=O) groups is 1. The maximum absolute atomic E-state index is 12.6. The van der Waals surface area contributed by atoms with Crippen molar-refractivity contribution in [3.05, 3.63) is 60.1 Å². The Kier molecular flexibility index (Phi) is 5.46. The molecule has 1 fully saturated rings. The number of pyridine rings is 1. The van der Waals surface area contributed by atoms with Gasteiger partial charge in [0.2, 0.25) is 5.91 Å². The van der Waals surface area contributed by atoms with E-state index in [9.17, 15) is 4.79 Å². The highest BCUT2D eigenvalue weighted by Crippen LogP contribution is 2.28. The Hall–Kier alpha value is -3.35. The molecule has 0 saturated carbocycles. The number of carbonyl (C=O) groups excluding carboxylic acids is 1. The number of hydrogen-bond acceptors (Lipinski definition) is 5. The van der Waals surface area contributed by atoms with Crippen molar-refractivity contribution in [2.24, 2.45) is 0 Å². The number of piperidine rings is 1. The summed E-state index contributed by atoms with van der Waals surface area (Å²) in [5, 5.41) is 8.61. The predicted octanol–water partition coefficient (Wildman–Crippen LogP) is 3.17. The quantitative estimate of drug-likeness (QED) is 0.624. The van der Waals surface area contributed by atoms with Crippen molar-refractivity contribution in [1.82, 2.24) is 19.5 Å². The van der Waals surface area contributed by atoms with Crippen molar-refractivity contribution in [2.45, 2.75) is 18.8 Å².